The predicted molar refractivity (Wildman–Crippen MR) is 77.5 cm³/mol. The van der Waals surface area contributed by atoms with Gasteiger partial charge in [-0.15, -0.1) is 0 Å². The number of hydrogen-bond donors (Lipinski definition) is 5. The quantitative estimate of drug-likeness (QED) is 0.396. The second-order valence-electron chi connectivity index (χ2n) is 5.34. The molecule has 1 fully saturated rings. The van der Waals surface area contributed by atoms with E-state index in [0.717, 1.165) is 0 Å². The van der Waals surface area contributed by atoms with Gasteiger partial charge in [-0.3, -0.25) is 9.78 Å². The average molecular weight is 312 g/mol. The summed E-state index contributed by atoms with van der Waals surface area (Å²) in [5, 5.41) is 29.5. The van der Waals surface area contributed by atoms with E-state index in [9.17, 15) is 20.1 Å². The summed E-state index contributed by atoms with van der Waals surface area (Å²) < 4.78 is 5.41. The van der Waals surface area contributed by atoms with Crippen LogP contribution in [-0.2, 0) is 4.74 Å². The van der Waals surface area contributed by atoms with Gasteiger partial charge >= 0.3 is 0 Å². The van der Waals surface area contributed by atoms with Crippen molar-refractivity contribution in [3.8, 4) is 0 Å². The minimum Gasteiger partial charge on any atom is -0.394 e. The molecule has 10 nitrogen and oxygen atoms in total. The number of aromatic nitrogens is 2. The Labute approximate surface area is 125 Å². The van der Waals surface area contributed by atoms with Crippen molar-refractivity contribution in [2.75, 3.05) is 18.9 Å². The largest absolute Gasteiger partial charge is 0.394 e. The number of aromatic amines is 1. The summed E-state index contributed by atoms with van der Waals surface area (Å²) in [4.78, 5) is 22.5. The Balaban J connectivity index is 2.11. The monoisotopic (exact) mass is 312 g/mol. The number of likely N-dealkylation sites (N-methyl/N-ethyl adjacent to an activating group) is 1. The molecule has 1 aromatic rings. The lowest BCUT2D eigenvalue weighted by molar-refractivity contribution is -0.0656. The van der Waals surface area contributed by atoms with Gasteiger partial charge in [0, 0.05) is 0 Å². The van der Waals surface area contributed by atoms with Gasteiger partial charge in [0.05, 0.1) is 13.2 Å². The van der Waals surface area contributed by atoms with E-state index in [1.54, 1.807) is 6.92 Å². The van der Waals surface area contributed by atoms with Crippen LogP contribution in [0.3, 0.4) is 0 Å². The van der Waals surface area contributed by atoms with Crippen molar-refractivity contribution in [2.24, 2.45) is 4.99 Å². The van der Waals surface area contributed by atoms with Gasteiger partial charge in [0.25, 0.3) is 11.4 Å². The van der Waals surface area contributed by atoms with Crippen LogP contribution in [0, 0.1) is 0 Å². The summed E-state index contributed by atoms with van der Waals surface area (Å²) in [5.41, 5.74) is 5.20. The molecule has 2 aliphatic rings. The molecule has 3 heterocycles. The van der Waals surface area contributed by atoms with Crippen LogP contribution in [0.15, 0.2) is 9.79 Å². The standard InChI is InChI=1S/C12H17N5O5/c1-2-17(11-8(20)7(19)5(3-18)22-11)4-14-6-9(17)15-12(13)16-10(6)21/h4-5,7-8,11,18-20H,2-3H2,1H3,(H2-,13,15,16,21)/p+1/t5-,7-,8-,11-,17?/m1/s1. The minimum atomic E-state index is -1.27. The van der Waals surface area contributed by atoms with Crippen molar-refractivity contribution < 1.29 is 20.1 Å². The summed E-state index contributed by atoms with van der Waals surface area (Å²) in [7, 11) is 0. The van der Waals surface area contributed by atoms with Crippen molar-refractivity contribution in [2.45, 2.75) is 31.5 Å². The van der Waals surface area contributed by atoms with E-state index in [1.807, 2.05) is 0 Å². The Bertz CT molecular complexity index is 676. The lowest BCUT2D eigenvalue weighted by Crippen LogP contribution is -2.60. The molecular weight excluding hydrogens is 294 g/mol. The molecule has 3 rings (SSSR count). The molecule has 10 heteroatoms. The maximum Gasteiger partial charge on any atom is 0.284 e. The number of fused-ring (bicyclic) bond motifs is 1. The van der Waals surface area contributed by atoms with Gasteiger partial charge in [-0.05, 0) is 6.92 Å². The van der Waals surface area contributed by atoms with Crippen LogP contribution < -0.4 is 15.8 Å². The number of nitrogens with one attached hydrogen (secondary N) is 1. The highest BCUT2D eigenvalue weighted by Gasteiger charge is 2.57. The van der Waals surface area contributed by atoms with E-state index >= 15 is 0 Å². The van der Waals surface area contributed by atoms with Crippen molar-refractivity contribution in [1.29, 1.82) is 0 Å². The number of quaternary nitrogens is 1. The minimum absolute atomic E-state index is 0.0723. The number of ether oxygens (including phenoxy) is 1. The summed E-state index contributed by atoms with van der Waals surface area (Å²) in [6.45, 7) is 1.72. The van der Waals surface area contributed by atoms with Crippen LogP contribution in [0.25, 0.3) is 0 Å². The fourth-order valence-electron chi connectivity index (χ4n) is 2.95. The van der Waals surface area contributed by atoms with Crippen LogP contribution in [0.5, 0.6) is 0 Å². The van der Waals surface area contributed by atoms with E-state index in [-0.39, 0.29) is 21.9 Å². The summed E-state index contributed by atoms with van der Waals surface area (Å²) in [5.74, 6) is 0.176. The number of aliphatic hydroxyl groups is 3. The highest BCUT2D eigenvalue weighted by atomic mass is 16.6. The van der Waals surface area contributed by atoms with Crippen molar-refractivity contribution in [1.82, 2.24) is 14.5 Å². The number of nitrogens with zero attached hydrogens (tertiary/aromatic N) is 3. The van der Waals surface area contributed by atoms with Crippen LogP contribution in [-0.4, -0.2) is 69.3 Å². The van der Waals surface area contributed by atoms with E-state index in [4.69, 9.17) is 10.5 Å². The van der Waals surface area contributed by atoms with Crippen LogP contribution >= 0.6 is 0 Å². The first-order valence-electron chi connectivity index (χ1n) is 6.90. The molecule has 1 aromatic heterocycles. The zero-order chi connectivity index (χ0) is 16.1. The smallest absolute Gasteiger partial charge is 0.284 e. The van der Waals surface area contributed by atoms with Crippen LogP contribution in [0.4, 0.5) is 17.5 Å². The molecule has 1 saturated heterocycles. The van der Waals surface area contributed by atoms with Crippen molar-refractivity contribution in [3.63, 3.8) is 0 Å². The van der Waals surface area contributed by atoms with Gasteiger partial charge in [0.15, 0.2) is 12.4 Å². The molecular formula is C12H18N5O5+. The topological polar surface area (TPSA) is 154 Å². The second kappa shape index (κ2) is 5.11. The Morgan fingerprint density at radius 2 is 2.18 bits per heavy atom. The van der Waals surface area contributed by atoms with E-state index in [2.05, 4.69) is 15.0 Å². The number of nitrogens with two attached hydrogens (primary N) is 1. The highest BCUT2D eigenvalue weighted by Crippen LogP contribution is 2.40. The number of hydrogen-bond acceptors (Lipinski definition) is 8. The van der Waals surface area contributed by atoms with Gasteiger partial charge in [0.1, 0.15) is 12.2 Å². The molecule has 0 aromatic carbocycles. The van der Waals surface area contributed by atoms with Gasteiger partial charge in [-0.25, -0.2) is 4.48 Å². The number of H-pyrrole nitrogens is 1. The fourth-order valence-corrected chi connectivity index (χ4v) is 2.95. The maximum absolute atomic E-state index is 11.9. The maximum atomic E-state index is 11.9. The third-order valence-electron chi connectivity index (χ3n) is 4.18. The van der Waals surface area contributed by atoms with E-state index < -0.39 is 36.7 Å². The first-order chi connectivity index (χ1) is 10.4. The molecule has 6 N–H and O–H groups in total. The van der Waals surface area contributed by atoms with Crippen LogP contribution in [0.2, 0.25) is 0 Å². The summed E-state index contributed by atoms with van der Waals surface area (Å²) in [6, 6.07) is 0. The SMILES string of the molecule is CC[N+]1([C@@H]2O[C@H](CO)[C@@H](O)[C@H]2O)C=Nc2c1nc(N)[nH]c2=O. The third-order valence-corrected chi connectivity index (χ3v) is 4.18. The number of nitrogen functional groups attached to an aromatic ring is 1. The molecule has 2 aliphatic heterocycles. The molecule has 0 saturated carbocycles. The van der Waals surface area contributed by atoms with E-state index in [0.29, 0.717) is 6.54 Å². The summed E-state index contributed by atoms with van der Waals surface area (Å²) in [6.07, 6.45) is -2.94. The molecule has 0 spiro atoms. The van der Waals surface area contributed by atoms with Gasteiger partial charge in [-0.2, -0.15) is 9.98 Å². The lowest BCUT2D eigenvalue weighted by atomic mass is 10.1. The van der Waals surface area contributed by atoms with Crippen molar-refractivity contribution >= 4 is 23.8 Å². The van der Waals surface area contributed by atoms with Gasteiger partial charge in [-0.1, -0.05) is 0 Å². The molecule has 0 amide bonds. The number of aliphatic imine (C=N–C) groups is 1. The number of aliphatic hydroxyl groups excluding tert-OH is 3. The molecule has 1 unspecified atom stereocenters. The number of anilines is 1. The van der Waals surface area contributed by atoms with Gasteiger partial charge < -0.3 is 25.8 Å². The Hall–Kier alpha value is -1.85. The highest BCUT2D eigenvalue weighted by molar-refractivity contribution is 5.87. The molecule has 5 atom stereocenters. The predicted octanol–water partition coefficient (Wildman–Crippen LogP) is -2.21. The van der Waals surface area contributed by atoms with Gasteiger partial charge in [0.2, 0.25) is 17.9 Å². The first-order valence-corrected chi connectivity index (χ1v) is 6.90. The number of rotatable bonds is 3. The lowest BCUT2D eigenvalue weighted by Gasteiger charge is -2.34. The zero-order valence-electron chi connectivity index (χ0n) is 11.9. The summed E-state index contributed by atoms with van der Waals surface area (Å²) >= 11 is 0. The normalized spacial score (nSPS) is 36.7. The Morgan fingerprint density at radius 3 is 2.77 bits per heavy atom. The molecule has 0 aliphatic carbocycles. The molecule has 0 radical (unpaired) electrons. The van der Waals surface area contributed by atoms with Crippen molar-refractivity contribution in [3.05, 3.63) is 10.4 Å². The van der Waals surface area contributed by atoms with E-state index in [1.165, 1.54) is 6.34 Å². The molecule has 120 valence electrons. The average Bonchev–Trinajstić information content (AvgIpc) is 2.99. The third kappa shape index (κ3) is 1.89. The molecule has 22 heavy (non-hydrogen) atoms. The Morgan fingerprint density at radius 1 is 1.45 bits per heavy atom. The zero-order valence-corrected chi connectivity index (χ0v) is 11.9. The molecule has 0 bridgehead atoms. The van der Waals surface area contributed by atoms with Crippen LogP contribution in [0.1, 0.15) is 6.92 Å². The fraction of sp³-hybridized carbons (Fsp3) is 0.583. The first kappa shape index (κ1) is 15.1. The second-order valence-corrected chi connectivity index (χ2v) is 5.34. The Kier molecular flexibility index (Phi) is 3.50.